The lowest BCUT2D eigenvalue weighted by atomic mass is 10.1. The van der Waals surface area contributed by atoms with Gasteiger partial charge in [0.15, 0.2) is 0 Å². The summed E-state index contributed by atoms with van der Waals surface area (Å²) in [5, 5.41) is 8.61. The molecular weight excluding hydrogens is 274 g/mol. The smallest absolute Gasteiger partial charge is 0.305 e. The molecule has 0 aromatic heterocycles. The van der Waals surface area contributed by atoms with Crippen molar-refractivity contribution in [1.82, 2.24) is 4.90 Å². The number of rotatable bonds is 8. The van der Waals surface area contributed by atoms with Crippen LogP contribution in [0.4, 0.5) is 0 Å². The van der Waals surface area contributed by atoms with Crippen LogP contribution in [0.2, 0.25) is 0 Å². The highest BCUT2D eigenvalue weighted by Gasteiger charge is 2.12. The first-order valence-electron chi connectivity index (χ1n) is 6.64. The summed E-state index contributed by atoms with van der Waals surface area (Å²) in [6.45, 7) is 0.212. The van der Waals surface area contributed by atoms with Gasteiger partial charge >= 0.3 is 5.97 Å². The quantitative estimate of drug-likeness (QED) is 0.788. The predicted molar refractivity (Wildman–Crippen MR) is 77.8 cm³/mol. The van der Waals surface area contributed by atoms with Gasteiger partial charge in [-0.25, -0.2) is 0 Å². The van der Waals surface area contributed by atoms with Crippen LogP contribution in [0, 0.1) is 0 Å². The molecule has 0 radical (unpaired) electrons. The summed E-state index contributed by atoms with van der Waals surface area (Å²) in [7, 11) is 4.76. The highest BCUT2D eigenvalue weighted by Crippen LogP contribution is 2.25. The summed E-state index contributed by atoms with van der Waals surface area (Å²) in [4.78, 5) is 23.9. The first-order chi connectivity index (χ1) is 9.97. The third-order valence-corrected chi connectivity index (χ3v) is 3.18. The van der Waals surface area contributed by atoms with E-state index in [1.54, 1.807) is 33.4 Å². The second-order valence-electron chi connectivity index (χ2n) is 4.64. The largest absolute Gasteiger partial charge is 0.497 e. The van der Waals surface area contributed by atoms with E-state index in [1.807, 2.05) is 6.07 Å². The van der Waals surface area contributed by atoms with E-state index in [0.717, 1.165) is 5.56 Å². The summed E-state index contributed by atoms with van der Waals surface area (Å²) in [6.07, 6.45) is 0.751. The number of benzene rings is 1. The maximum absolute atomic E-state index is 11.9. The normalized spacial score (nSPS) is 10.0. The van der Waals surface area contributed by atoms with Crippen LogP contribution in [-0.4, -0.2) is 49.7 Å². The Morgan fingerprint density at radius 1 is 1.19 bits per heavy atom. The molecule has 1 amide bonds. The lowest BCUT2D eigenvalue weighted by Crippen LogP contribution is -2.29. The van der Waals surface area contributed by atoms with Crippen molar-refractivity contribution in [3.05, 3.63) is 23.8 Å². The molecule has 0 saturated carbocycles. The number of aryl methyl sites for hydroxylation is 1. The number of hydrogen-bond acceptors (Lipinski definition) is 4. The fourth-order valence-electron chi connectivity index (χ4n) is 1.90. The standard InChI is InChI=1S/C15H21NO5/c1-16(9-8-15(18)19)14(17)7-4-11-10-12(20-2)5-6-13(11)21-3/h5-6,10H,4,7-9H2,1-3H3,(H,18,19). The second-order valence-corrected chi connectivity index (χ2v) is 4.64. The molecule has 6 heteroatoms. The number of amides is 1. The Bertz CT molecular complexity index is 501. The van der Waals surface area contributed by atoms with Crippen LogP contribution in [0.15, 0.2) is 18.2 Å². The number of carboxylic acids is 1. The van der Waals surface area contributed by atoms with Crippen molar-refractivity contribution in [2.24, 2.45) is 0 Å². The van der Waals surface area contributed by atoms with Crippen LogP contribution in [0.3, 0.4) is 0 Å². The Kier molecular flexibility index (Phi) is 6.52. The third kappa shape index (κ3) is 5.33. The topological polar surface area (TPSA) is 76.1 Å². The van der Waals surface area contributed by atoms with Crippen LogP contribution >= 0.6 is 0 Å². The minimum Gasteiger partial charge on any atom is -0.497 e. The number of hydrogen-bond donors (Lipinski definition) is 1. The summed E-state index contributed by atoms with van der Waals surface area (Å²) in [5.41, 5.74) is 0.886. The predicted octanol–water partition coefficient (Wildman–Crippen LogP) is 1.57. The van der Waals surface area contributed by atoms with Gasteiger partial charge in [0.1, 0.15) is 11.5 Å². The van der Waals surface area contributed by atoms with Crippen molar-refractivity contribution in [1.29, 1.82) is 0 Å². The first-order valence-corrected chi connectivity index (χ1v) is 6.64. The maximum Gasteiger partial charge on any atom is 0.305 e. The molecule has 1 rings (SSSR count). The van der Waals surface area contributed by atoms with Gasteiger partial charge in [-0.05, 0) is 30.2 Å². The number of carbonyl (C=O) groups is 2. The van der Waals surface area contributed by atoms with Crippen molar-refractivity contribution in [3.8, 4) is 11.5 Å². The molecule has 0 saturated heterocycles. The molecule has 1 aromatic carbocycles. The van der Waals surface area contributed by atoms with Crippen molar-refractivity contribution >= 4 is 11.9 Å². The molecule has 0 fully saturated rings. The Morgan fingerprint density at radius 3 is 2.48 bits per heavy atom. The van der Waals surface area contributed by atoms with Gasteiger partial charge in [-0.15, -0.1) is 0 Å². The SMILES string of the molecule is COc1ccc(OC)c(CCC(=O)N(C)CCC(=O)O)c1. The van der Waals surface area contributed by atoms with E-state index in [9.17, 15) is 9.59 Å². The average Bonchev–Trinajstić information content (AvgIpc) is 2.49. The maximum atomic E-state index is 11.9. The Hall–Kier alpha value is -2.24. The van der Waals surface area contributed by atoms with Gasteiger partial charge in [-0.1, -0.05) is 0 Å². The van der Waals surface area contributed by atoms with E-state index >= 15 is 0 Å². The number of carboxylic acid groups (broad SMARTS) is 1. The van der Waals surface area contributed by atoms with Crippen LogP contribution in [0.5, 0.6) is 11.5 Å². The van der Waals surface area contributed by atoms with Gasteiger partial charge in [-0.3, -0.25) is 9.59 Å². The number of ether oxygens (including phenoxy) is 2. The van der Waals surface area contributed by atoms with Gasteiger partial charge < -0.3 is 19.5 Å². The van der Waals surface area contributed by atoms with Gasteiger partial charge in [0, 0.05) is 20.0 Å². The molecule has 21 heavy (non-hydrogen) atoms. The second kappa shape index (κ2) is 8.14. The average molecular weight is 295 g/mol. The van der Waals surface area contributed by atoms with Crippen molar-refractivity contribution in [3.63, 3.8) is 0 Å². The summed E-state index contributed by atoms with van der Waals surface area (Å²) < 4.78 is 10.4. The molecule has 0 aliphatic carbocycles. The molecule has 1 N–H and O–H groups in total. The fraction of sp³-hybridized carbons (Fsp3) is 0.467. The number of aliphatic carboxylic acids is 1. The van der Waals surface area contributed by atoms with E-state index in [0.29, 0.717) is 24.3 Å². The van der Waals surface area contributed by atoms with Crippen LogP contribution in [-0.2, 0) is 16.0 Å². The molecule has 0 atom stereocenters. The van der Waals surface area contributed by atoms with E-state index in [4.69, 9.17) is 14.6 Å². The molecule has 0 spiro atoms. The summed E-state index contributed by atoms with van der Waals surface area (Å²) in [5.74, 6) is 0.402. The van der Waals surface area contributed by atoms with Gasteiger partial charge in [0.2, 0.25) is 5.91 Å². The monoisotopic (exact) mass is 295 g/mol. The zero-order valence-electron chi connectivity index (χ0n) is 12.6. The lowest BCUT2D eigenvalue weighted by molar-refractivity contribution is -0.138. The highest BCUT2D eigenvalue weighted by atomic mass is 16.5. The molecule has 116 valence electrons. The molecule has 0 bridgehead atoms. The van der Waals surface area contributed by atoms with Crippen molar-refractivity contribution < 1.29 is 24.2 Å². The highest BCUT2D eigenvalue weighted by molar-refractivity contribution is 5.77. The fourth-order valence-corrected chi connectivity index (χ4v) is 1.90. The molecular formula is C15H21NO5. The Morgan fingerprint density at radius 2 is 1.90 bits per heavy atom. The van der Waals surface area contributed by atoms with Crippen LogP contribution in [0.1, 0.15) is 18.4 Å². The van der Waals surface area contributed by atoms with Gasteiger partial charge in [0.05, 0.1) is 20.6 Å². The molecule has 1 aromatic rings. The van der Waals surface area contributed by atoms with Crippen molar-refractivity contribution in [2.45, 2.75) is 19.3 Å². The van der Waals surface area contributed by atoms with Gasteiger partial charge in [0.25, 0.3) is 0 Å². The zero-order valence-corrected chi connectivity index (χ0v) is 12.6. The first kappa shape index (κ1) is 16.8. The Balaban J connectivity index is 2.61. The van der Waals surface area contributed by atoms with E-state index in [2.05, 4.69) is 0 Å². The minimum absolute atomic E-state index is 0.0509. The molecule has 0 unspecified atom stereocenters. The lowest BCUT2D eigenvalue weighted by Gasteiger charge is -2.16. The molecule has 0 aliphatic rings. The minimum atomic E-state index is -0.913. The van der Waals surface area contributed by atoms with E-state index in [-0.39, 0.29) is 18.9 Å². The summed E-state index contributed by atoms with van der Waals surface area (Å²) >= 11 is 0. The Labute approximate surface area is 124 Å². The molecule has 0 aliphatic heterocycles. The van der Waals surface area contributed by atoms with Crippen LogP contribution in [0.25, 0.3) is 0 Å². The third-order valence-electron chi connectivity index (χ3n) is 3.18. The molecule has 6 nitrogen and oxygen atoms in total. The van der Waals surface area contributed by atoms with Crippen molar-refractivity contribution in [2.75, 3.05) is 27.8 Å². The molecule has 0 heterocycles. The number of methoxy groups -OCH3 is 2. The van der Waals surface area contributed by atoms with E-state index in [1.165, 1.54) is 4.90 Å². The zero-order chi connectivity index (χ0) is 15.8. The number of nitrogens with zero attached hydrogens (tertiary/aromatic N) is 1. The van der Waals surface area contributed by atoms with E-state index < -0.39 is 5.97 Å². The number of carbonyl (C=O) groups excluding carboxylic acids is 1. The van der Waals surface area contributed by atoms with Gasteiger partial charge in [-0.2, -0.15) is 0 Å². The van der Waals surface area contributed by atoms with Crippen LogP contribution < -0.4 is 9.47 Å². The summed E-state index contributed by atoms with van der Waals surface area (Å²) in [6, 6.07) is 5.43.